The summed E-state index contributed by atoms with van der Waals surface area (Å²) in [6.45, 7) is 5.34. The second-order valence-electron chi connectivity index (χ2n) is 11.2. The Morgan fingerprint density at radius 3 is 2.49 bits per heavy atom. The van der Waals surface area contributed by atoms with E-state index in [-0.39, 0.29) is 18.2 Å². The first-order chi connectivity index (χ1) is 19.9. The highest BCUT2D eigenvalue weighted by Gasteiger charge is 2.22. The smallest absolute Gasteiger partial charge is 0.170 e. The number of benzene rings is 3. The third-order valence-corrected chi connectivity index (χ3v) is 8.12. The number of H-pyrrole nitrogens is 1. The topological polar surface area (TPSA) is 73.5 Å². The van der Waals surface area contributed by atoms with Crippen molar-refractivity contribution in [3.8, 4) is 0 Å². The van der Waals surface area contributed by atoms with E-state index in [0.717, 1.165) is 78.6 Å². The van der Waals surface area contributed by atoms with Crippen LogP contribution in [0.3, 0.4) is 0 Å². The number of aromatic amines is 1. The number of nitrogens with one attached hydrogen (secondary N) is 2. The number of hydrogen-bond donors (Lipinski definition) is 2. The Kier molecular flexibility index (Phi) is 7.98. The molecule has 0 aliphatic carbocycles. The fraction of sp³-hybridized carbons (Fsp3) is 0.375. The summed E-state index contributed by atoms with van der Waals surface area (Å²) in [6.07, 6.45) is 2.33. The molecule has 4 aromatic rings. The fourth-order valence-electron chi connectivity index (χ4n) is 5.78. The molecule has 0 atom stereocenters. The summed E-state index contributed by atoms with van der Waals surface area (Å²) in [5.74, 6) is -1.20. The zero-order valence-corrected chi connectivity index (χ0v) is 23.3. The molecule has 0 radical (unpaired) electrons. The Balaban J connectivity index is 1.25. The van der Waals surface area contributed by atoms with Crippen LogP contribution in [0, 0.1) is 11.6 Å². The van der Waals surface area contributed by atoms with Gasteiger partial charge in [-0.2, -0.15) is 5.10 Å². The SMILES string of the molecule is CN1CCN(c2ccc(C(=O)Cc3[nH]nc4ccc(Cc5cc(F)cc(F)c5)cc34)c(NC3CCOCC3)c2)CC1. The van der Waals surface area contributed by atoms with Crippen molar-refractivity contribution in [1.29, 1.82) is 0 Å². The highest BCUT2D eigenvalue weighted by atomic mass is 19.1. The Morgan fingerprint density at radius 2 is 1.73 bits per heavy atom. The van der Waals surface area contributed by atoms with Crippen molar-refractivity contribution in [2.75, 3.05) is 56.7 Å². The standard InChI is InChI=1S/C32H35F2N5O2/c1-38-8-10-39(11-9-38)26-3-4-27(30(19-26)35-25-6-12-41-13-7-25)32(40)20-31-28-17-21(2-5-29(28)36-37-31)14-22-15-23(33)18-24(34)16-22/h2-5,15-19,25,35H,6-14,20H2,1H3,(H,36,37). The van der Waals surface area contributed by atoms with Gasteiger partial charge in [0, 0.05) is 73.8 Å². The van der Waals surface area contributed by atoms with Crippen LogP contribution >= 0.6 is 0 Å². The van der Waals surface area contributed by atoms with Gasteiger partial charge >= 0.3 is 0 Å². The number of anilines is 2. The average Bonchev–Trinajstić information content (AvgIpc) is 3.35. The summed E-state index contributed by atoms with van der Waals surface area (Å²) in [5.41, 5.74) is 5.53. The Morgan fingerprint density at radius 1 is 0.976 bits per heavy atom. The molecule has 2 aliphatic rings. The van der Waals surface area contributed by atoms with E-state index in [2.05, 4.69) is 44.5 Å². The van der Waals surface area contributed by atoms with Gasteiger partial charge < -0.3 is 19.9 Å². The van der Waals surface area contributed by atoms with Crippen LogP contribution in [0.15, 0.2) is 54.6 Å². The van der Waals surface area contributed by atoms with Gasteiger partial charge in [0.2, 0.25) is 0 Å². The van der Waals surface area contributed by atoms with Gasteiger partial charge in [-0.25, -0.2) is 8.78 Å². The molecule has 0 unspecified atom stereocenters. The van der Waals surface area contributed by atoms with Crippen molar-refractivity contribution in [3.63, 3.8) is 0 Å². The molecule has 0 spiro atoms. The number of halogens is 2. The first kappa shape index (κ1) is 27.4. The normalized spacial score (nSPS) is 16.8. The molecule has 9 heteroatoms. The van der Waals surface area contributed by atoms with Gasteiger partial charge in [0.25, 0.3) is 0 Å². The number of nitrogens with zero attached hydrogens (tertiary/aromatic N) is 3. The maximum absolute atomic E-state index is 13.8. The van der Waals surface area contributed by atoms with E-state index in [1.165, 1.54) is 12.1 Å². The minimum atomic E-state index is -0.598. The quantitative estimate of drug-likeness (QED) is 0.289. The second kappa shape index (κ2) is 12.0. The van der Waals surface area contributed by atoms with Gasteiger partial charge in [-0.1, -0.05) is 6.07 Å². The van der Waals surface area contributed by atoms with Crippen LogP contribution in [0.5, 0.6) is 0 Å². The van der Waals surface area contributed by atoms with Gasteiger partial charge in [0.15, 0.2) is 5.78 Å². The minimum absolute atomic E-state index is 0.00681. The summed E-state index contributed by atoms with van der Waals surface area (Å²) >= 11 is 0. The lowest BCUT2D eigenvalue weighted by molar-refractivity contribution is 0.0904. The molecule has 7 nitrogen and oxygen atoms in total. The maximum Gasteiger partial charge on any atom is 0.170 e. The molecule has 0 bridgehead atoms. The summed E-state index contributed by atoms with van der Waals surface area (Å²) in [7, 11) is 2.14. The molecule has 2 fully saturated rings. The molecule has 0 amide bonds. The fourth-order valence-corrected chi connectivity index (χ4v) is 5.78. The van der Waals surface area contributed by atoms with E-state index in [0.29, 0.717) is 30.8 Å². The zero-order valence-electron chi connectivity index (χ0n) is 23.3. The summed E-state index contributed by atoms with van der Waals surface area (Å²) in [4.78, 5) is 18.5. The molecule has 2 N–H and O–H groups in total. The van der Waals surface area contributed by atoms with Gasteiger partial charge in [-0.15, -0.1) is 0 Å². The van der Waals surface area contributed by atoms with Crippen LogP contribution < -0.4 is 10.2 Å². The van der Waals surface area contributed by atoms with Gasteiger partial charge in [0.1, 0.15) is 11.6 Å². The molecule has 2 saturated heterocycles. The van der Waals surface area contributed by atoms with E-state index in [1.807, 2.05) is 24.3 Å². The van der Waals surface area contributed by atoms with E-state index in [1.54, 1.807) is 0 Å². The van der Waals surface area contributed by atoms with Gasteiger partial charge in [0.05, 0.1) is 17.6 Å². The van der Waals surface area contributed by atoms with Gasteiger partial charge in [-0.3, -0.25) is 9.89 Å². The Bertz CT molecular complexity index is 1520. The number of hydrogen-bond acceptors (Lipinski definition) is 6. The zero-order chi connectivity index (χ0) is 28.3. The molecule has 3 heterocycles. The number of ketones is 1. The maximum atomic E-state index is 13.8. The number of fused-ring (bicyclic) bond motifs is 1. The number of carbonyl (C=O) groups excluding carboxylic acids is 1. The number of piperazine rings is 1. The number of Topliss-reactive ketones (excluding diaryl/α,β-unsaturated/α-hetero) is 1. The first-order valence-electron chi connectivity index (χ1n) is 14.3. The predicted molar refractivity (Wildman–Crippen MR) is 157 cm³/mol. The first-order valence-corrected chi connectivity index (χ1v) is 14.3. The lowest BCUT2D eigenvalue weighted by atomic mass is 9.98. The van der Waals surface area contributed by atoms with Crippen molar-refractivity contribution >= 4 is 28.1 Å². The third-order valence-electron chi connectivity index (χ3n) is 8.12. The molecule has 214 valence electrons. The minimum Gasteiger partial charge on any atom is -0.381 e. The monoisotopic (exact) mass is 559 g/mol. The van der Waals surface area contributed by atoms with Crippen LogP contribution in [0.2, 0.25) is 0 Å². The molecule has 2 aliphatic heterocycles. The Hall–Kier alpha value is -3.82. The van der Waals surface area contributed by atoms with Crippen molar-refractivity contribution < 1.29 is 18.3 Å². The lowest BCUT2D eigenvalue weighted by Crippen LogP contribution is -2.44. The average molecular weight is 560 g/mol. The predicted octanol–water partition coefficient (Wildman–Crippen LogP) is 5.20. The van der Waals surface area contributed by atoms with E-state index in [9.17, 15) is 13.6 Å². The third kappa shape index (κ3) is 6.41. The molecule has 3 aromatic carbocycles. The molecule has 0 saturated carbocycles. The van der Waals surface area contributed by atoms with Crippen molar-refractivity contribution in [1.82, 2.24) is 15.1 Å². The molecule has 1 aromatic heterocycles. The number of ether oxygens (including phenoxy) is 1. The molecule has 41 heavy (non-hydrogen) atoms. The summed E-state index contributed by atoms with van der Waals surface area (Å²) in [6, 6.07) is 15.6. The molecular weight excluding hydrogens is 524 g/mol. The highest BCUT2D eigenvalue weighted by molar-refractivity contribution is 6.04. The van der Waals surface area contributed by atoms with Crippen molar-refractivity contribution in [2.24, 2.45) is 0 Å². The lowest BCUT2D eigenvalue weighted by Gasteiger charge is -2.34. The van der Waals surface area contributed by atoms with Gasteiger partial charge in [-0.05, 0) is 79.9 Å². The van der Waals surface area contributed by atoms with Crippen LogP contribution in [0.25, 0.3) is 10.9 Å². The molecule has 6 rings (SSSR count). The number of likely N-dealkylation sites (N-methyl/N-ethyl adjacent to an activating group) is 1. The van der Waals surface area contributed by atoms with Crippen LogP contribution in [0.1, 0.15) is 40.0 Å². The van der Waals surface area contributed by atoms with Crippen LogP contribution in [-0.4, -0.2) is 73.4 Å². The van der Waals surface area contributed by atoms with E-state index in [4.69, 9.17) is 4.74 Å². The number of rotatable bonds is 8. The number of aromatic nitrogens is 2. The largest absolute Gasteiger partial charge is 0.381 e. The number of carbonyl (C=O) groups is 1. The van der Waals surface area contributed by atoms with Crippen LogP contribution in [0.4, 0.5) is 20.2 Å². The van der Waals surface area contributed by atoms with Crippen LogP contribution in [-0.2, 0) is 17.6 Å². The van der Waals surface area contributed by atoms with Crippen molar-refractivity contribution in [3.05, 3.63) is 88.6 Å². The Labute approximate surface area is 238 Å². The highest BCUT2D eigenvalue weighted by Crippen LogP contribution is 2.29. The van der Waals surface area contributed by atoms with E-state index < -0.39 is 11.6 Å². The molecular formula is C32H35F2N5O2. The van der Waals surface area contributed by atoms with E-state index >= 15 is 0 Å². The second-order valence-corrected chi connectivity index (χ2v) is 11.2. The summed E-state index contributed by atoms with van der Waals surface area (Å²) < 4.78 is 33.0. The van der Waals surface area contributed by atoms with Crippen molar-refractivity contribution in [2.45, 2.75) is 31.7 Å². The summed E-state index contributed by atoms with van der Waals surface area (Å²) in [5, 5.41) is 11.9.